The second-order valence-corrected chi connectivity index (χ2v) is 5.03. The highest BCUT2D eigenvalue weighted by Crippen LogP contribution is 2.22. The summed E-state index contributed by atoms with van der Waals surface area (Å²) in [5.41, 5.74) is 4.90. The maximum Gasteiger partial charge on any atom is 0.160 e. The molecule has 0 amide bonds. The number of aromatic amines is 1. The van der Waals surface area contributed by atoms with Crippen molar-refractivity contribution in [2.75, 3.05) is 0 Å². The number of hydrogen-bond donors (Lipinski definition) is 3. The number of piperidine rings is 1. The molecular weight excluding hydrogens is 216 g/mol. The number of hydrogen-bond acceptors (Lipinski definition) is 4. The molecule has 1 aliphatic heterocycles. The molecule has 1 saturated heterocycles. The summed E-state index contributed by atoms with van der Waals surface area (Å²) in [5.74, 6) is 0. The largest absolute Gasteiger partial charge is 0.371 e. The fourth-order valence-corrected chi connectivity index (χ4v) is 2.51. The Morgan fingerprint density at radius 1 is 1.47 bits per heavy atom. The van der Waals surface area contributed by atoms with E-state index in [4.69, 9.17) is 0 Å². The lowest BCUT2D eigenvalue weighted by Gasteiger charge is -2.40. The number of aliphatic hydroxyl groups excluding tert-OH is 1. The molecule has 1 aromatic rings. The van der Waals surface area contributed by atoms with Crippen LogP contribution in [-0.2, 0) is 0 Å². The van der Waals surface area contributed by atoms with E-state index in [1.165, 1.54) is 19.3 Å². The SMILES string of the molecule is Cc1cn[nH]c1C(O)NN1[C@H](C)CCC[C@@H]1C. The molecule has 0 aromatic carbocycles. The average Bonchev–Trinajstić information content (AvgIpc) is 2.70. The molecular formula is C12H22N4O. The van der Waals surface area contributed by atoms with Crippen molar-refractivity contribution in [3.05, 3.63) is 17.5 Å². The topological polar surface area (TPSA) is 64.2 Å². The van der Waals surface area contributed by atoms with Crippen LogP contribution in [0.2, 0.25) is 0 Å². The minimum absolute atomic E-state index is 0.455. The number of nitrogens with zero attached hydrogens (tertiary/aromatic N) is 2. The molecule has 96 valence electrons. The van der Waals surface area contributed by atoms with E-state index in [1.54, 1.807) is 6.20 Å². The van der Waals surface area contributed by atoms with Crippen molar-refractivity contribution in [2.24, 2.45) is 0 Å². The first-order valence-electron chi connectivity index (χ1n) is 6.32. The molecule has 3 N–H and O–H groups in total. The molecule has 0 spiro atoms. The van der Waals surface area contributed by atoms with Crippen LogP contribution in [0.25, 0.3) is 0 Å². The minimum Gasteiger partial charge on any atom is -0.371 e. The van der Waals surface area contributed by atoms with E-state index in [-0.39, 0.29) is 0 Å². The summed E-state index contributed by atoms with van der Waals surface area (Å²) in [4.78, 5) is 0. The molecule has 1 unspecified atom stereocenters. The van der Waals surface area contributed by atoms with Crippen LogP contribution in [0.15, 0.2) is 6.20 Å². The normalized spacial score (nSPS) is 28.2. The summed E-state index contributed by atoms with van der Waals surface area (Å²) in [6, 6.07) is 0.910. The summed E-state index contributed by atoms with van der Waals surface area (Å²) in [7, 11) is 0. The van der Waals surface area contributed by atoms with Gasteiger partial charge in [0.1, 0.15) is 0 Å². The Hall–Kier alpha value is -0.910. The van der Waals surface area contributed by atoms with Crippen LogP contribution < -0.4 is 5.43 Å². The van der Waals surface area contributed by atoms with Crippen molar-refractivity contribution in [3.8, 4) is 0 Å². The van der Waals surface area contributed by atoms with Gasteiger partial charge in [0.25, 0.3) is 0 Å². The smallest absolute Gasteiger partial charge is 0.160 e. The molecule has 1 fully saturated rings. The van der Waals surface area contributed by atoms with Crippen molar-refractivity contribution in [2.45, 2.75) is 58.3 Å². The van der Waals surface area contributed by atoms with Gasteiger partial charge in [0.05, 0.1) is 11.9 Å². The molecule has 1 aliphatic rings. The van der Waals surface area contributed by atoms with Gasteiger partial charge in [-0.15, -0.1) is 0 Å². The zero-order chi connectivity index (χ0) is 12.4. The molecule has 3 atom stereocenters. The van der Waals surface area contributed by atoms with Crippen molar-refractivity contribution >= 4 is 0 Å². The molecule has 0 aliphatic carbocycles. The number of hydrazine groups is 1. The number of aromatic nitrogens is 2. The molecule has 0 saturated carbocycles. The second-order valence-electron chi connectivity index (χ2n) is 5.03. The molecule has 0 bridgehead atoms. The van der Waals surface area contributed by atoms with E-state index in [9.17, 15) is 5.11 Å². The van der Waals surface area contributed by atoms with E-state index in [0.29, 0.717) is 12.1 Å². The van der Waals surface area contributed by atoms with Gasteiger partial charge in [0.2, 0.25) is 0 Å². The van der Waals surface area contributed by atoms with Crippen LogP contribution in [0.3, 0.4) is 0 Å². The first kappa shape index (κ1) is 12.5. The van der Waals surface area contributed by atoms with Gasteiger partial charge in [0.15, 0.2) is 6.23 Å². The fraction of sp³-hybridized carbons (Fsp3) is 0.750. The lowest BCUT2D eigenvalue weighted by atomic mass is 10.00. The van der Waals surface area contributed by atoms with Crippen LogP contribution in [0.4, 0.5) is 0 Å². The highest BCUT2D eigenvalue weighted by atomic mass is 16.3. The highest BCUT2D eigenvalue weighted by molar-refractivity contribution is 5.15. The fourth-order valence-electron chi connectivity index (χ4n) is 2.51. The Kier molecular flexibility index (Phi) is 3.81. The number of nitrogens with one attached hydrogen (secondary N) is 2. The summed E-state index contributed by atoms with van der Waals surface area (Å²) >= 11 is 0. The lowest BCUT2D eigenvalue weighted by molar-refractivity contribution is -0.0334. The molecule has 5 nitrogen and oxygen atoms in total. The molecule has 0 radical (unpaired) electrons. The van der Waals surface area contributed by atoms with Crippen LogP contribution in [0.5, 0.6) is 0 Å². The van der Waals surface area contributed by atoms with E-state index < -0.39 is 6.23 Å². The number of H-pyrrole nitrogens is 1. The summed E-state index contributed by atoms with van der Waals surface area (Å²) in [6.07, 6.45) is 4.63. The standard InChI is InChI=1S/C12H22N4O/c1-8-7-13-14-11(8)12(17)15-16-9(2)5-4-6-10(16)3/h7,9-10,12,15,17H,4-6H2,1-3H3,(H,13,14)/t9-,10+,12?. The third kappa shape index (κ3) is 2.68. The predicted octanol–water partition coefficient (Wildman–Crippen LogP) is 1.48. The maximum atomic E-state index is 10.2. The predicted molar refractivity (Wildman–Crippen MR) is 66.0 cm³/mol. The van der Waals surface area contributed by atoms with Crippen molar-refractivity contribution < 1.29 is 5.11 Å². The van der Waals surface area contributed by atoms with Gasteiger partial charge in [-0.1, -0.05) is 6.42 Å². The Labute approximate surface area is 102 Å². The van der Waals surface area contributed by atoms with E-state index >= 15 is 0 Å². The summed E-state index contributed by atoms with van der Waals surface area (Å²) < 4.78 is 0. The van der Waals surface area contributed by atoms with Crippen LogP contribution in [0, 0.1) is 6.92 Å². The summed E-state index contributed by atoms with van der Waals surface area (Å²) in [6.45, 7) is 6.32. The number of rotatable bonds is 3. The first-order chi connectivity index (χ1) is 8.09. The number of aryl methyl sites for hydroxylation is 1. The van der Waals surface area contributed by atoms with Gasteiger partial charge in [-0.2, -0.15) is 5.10 Å². The Morgan fingerprint density at radius 2 is 2.12 bits per heavy atom. The Balaban J connectivity index is 2.02. The van der Waals surface area contributed by atoms with Gasteiger partial charge in [-0.05, 0) is 39.2 Å². The Bertz CT molecular complexity index is 355. The quantitative estimate of drug-likeness (QED) is 0.698. The second kappa shape index (κ2) is 5.16. The van der Waals surface area contributed by atoms with E-state index in [2.05, 4.69) is 34.5 Å². The molecule has 1 aromatic heterocycles. The highest BCUT2D eigenvalue weighted by Gasteiger charge is 2.27. The van der Waals surface area contributed by atoms with Gasteiger partial charge in [0, 0.05) is 12.1 Å². The van der Waals surface area contributed by atoms with E-state index in [0.717, 1.165) is 11.3 Å². The maximum absolute atomic E-state index is 10.2. The molecule has 5 heteroatoms. The third-order valence-corrected chi connectivity index (χ3v) is 3.61. The average molecular weight is 238 g/mol. The minimum atomic E-state index is -0.708. The van der Waals surface area contributed by atoms with Crippen molar-refractivity contribution in [1.82, 2.24) is 20.6 Å². The lowest BCUT2D eigenvalue weighted by Crippen LogP contribution is -2.53. The zero-order valence-electron chi connectivity index (χ0n) is 10.8. The number of aliphatic hydroxyl groups is 1. The van der Waals surface area contributed by atoms with Crippen LogP contribution >= 0.6 is 0 Å². The van der Waals surface area contributed by atoms with Gasteiger partial charge >= 0.3 is 0 Å². The zero-order valence-corrected chi connectivity index (χ0v) is 10.8. The Morgan fingerprint density at radius 3 is 2.65 bits per heavy atom. The van der Waals surface area contributed by atoms with Crippen LogP contribution in [-0.4, -0.2) is 32.4 Å². The van der Waals surface area contributed by atoms with Gasteiger partial charge < -0.3 is 5.11 Å². The third-order valence-electron chi connectivity index (χ3n) is 3.61. The first-order valence-corrected chi connectivity index (χ1v) is 6.32. The monoisotopic (exact) mass is 238 g/mol. The van der Waals surface area contributed by atoms with Gasteiger partial charge in [-0.3, -0.25) is 5.10 Å². The molecule has 2 rings (SSSR count). The van der Waals surface area contributed by atoms with Crippen molar-refractivity contribution in [3.63, 3.8) is 0 Å². The summed E-state index contributed by atoms with van der Waals surface area (Å²) in [5, 5.41) is 19.1. The van der Waals surface area contributed by atoms with E-state index in [1.807, 2.05) is 6.92 Å². The molecule has 17 heavy (non-hydrogen) atoms. The van der Waals surface area contributed by atoms with Crippen molar-refractivity contribution in [1.29, 1.82) is 0 Å². The molecule has 2 heterocycles. The van der Waals surface area contributed by atoms with Gasteiger partial charge in [-0.25, -0.2) is 10.4 Å². The van der Waals surface area contributed by atoms with Crippen LogP contribution in [0.1, 0.15) is 50.6 Å².